The molecule has 0 fully saturated rings. The molecule has 1 heterocycles. The normalized spacial score (nSPS) is 12.2. The van der Waals surface area contributed by atoms with Gasteiger partial charge in [-0.15, -0.1) is 0 Å². The summed E-state index contributed by atoms with van der Waals surface area (Å²) >= 11 is 0. The molecule has 104 valence electrons. The van der Waals surface area contributed by atoms with Crippen molar-refractivity contribution in [3.63, 3.8) is 0 Å². The molecule has 0 radical (unpaired) electrons. The lowest BCUT2D eigenvalue weighted by molar-refractivity contribution is 0.0975. The number of benzene rings is 2. The molecule has 21 heavy (non-hydrogen) atoms. The molecule has 3 nitrogen and oxygen atoms in total. The Kier molecular flexibility index (Phi) is 3.75. The highest BCUT2D eigenvalue weighted by atomic mass is 16.1. The van der Waals surface area contributed by atoms with Gasteiger partial charge in [0.25, 0.3) is 0 Å². The molecule has 0 amide bonds. The quantitative estimate of drug-likeness (QED) is 0.742. The van der Waals surface area contributed by atoms with Gasteiger partial charge in [-0.25, -0.2) is 0 Å². The van der Waals surface area contributed by atoms with Gasteiger partial charge in [-0.1, -0.05) is 54.6 Å². The van der Waals surface area contributed by atoms with E-state index in [4.69, 9.17) is 5.73 Å². The highest BCUT2D eigenvalue weighted by molar-refractivity contribution is 6.07. The van der Waals surface area contributed by atoms with Crippen molar-refractivity contribution in [2.45, 2.75) is 12.5 Å². The summed E-state index contributed by atoms with van der Waals surface area (Å²) in [5.74, 6) is 0.0238. The number of nitrogens with two attached hydrogens (primary N) is 1. The number of ketones is 1. The van der Waals surface area contributed by atoms with Crippen LogP contribution in [0.3, 0.4) is 0 Å². The topological polar surface area (TPSA) is 56.0 Å². The number of nitrogens with zero attached hydrogens (tertiary/aromatic N) is 1. The van der Waals surface area contributed by atoms with E-state index in [0.29, 0.717) is 5.56 Å². The molecule has 2 aromatic carbocycles. The van der Waals surface area contributed by atoms with Crippen LogP contribution in [0.5, 0.6) is 0 Å². The van der Waals surface area contributed by atoms with E-state index in [1.807, 2.05) is 54.6 Å². The van der Waals surface area contributed by atoms with Gasteiger partial charge in [0.15, 0.2) is 5.78 Å². The third kappa shape index (κ3) is 2.83. The van der Waals surface area contributed by atoms with Gasteiger partial charge < -0.3 is 5.73 Å². The molecule has 1 unspecified atom stereocenters. The smallest absolute Gasteiger partial charge is 0.166 e. The molecule has 0 bridgehead atoms. The lowest BCUT2D eigenvalue weighted by Crippen LogP contribution is -2.15. The van der Waals surface area contributed by atoms with Crippen LogP contribution in [0.4, 0.5) is 0 Å². The Morgan fingerprint density at radius 2 is 1.71 bits per heavy atom. The number of fused-ring (bicyclic) bond motifs is 1. The molecule has 0 saturated heterocycles. The highest BCUT2D eigenvalue weighted by Crippen LogP contribution is 2.21. The van der Waals surface area contributed by atoms with Crippen molar-refractivity contribution in [3.8, 4) is 0 Å². The molecule has 2 N–H and O–H groups in total. The van der Waals surface area contributed by atoms with E-state index in [9.17, 15) is 4.79 Å². The van der Waals surface area contributed by atoms with Crippen molar-refractivity contribution in [3.05, 3.63) is 78.1 Å². The molecular formula is C18H16N2O. The van der Waals surface area contributed by atoms with Crippen molar-refractivity contribution >= 4 is 16.6 Å². The second-order valence-corrected chi connectivity index (χ2v) is 5.05. The van der Waals surface area contributed by atoms with Gasteiger partial charge in [-0.2, -0.15) is 0 Å². The molecule has 3 aromatic rings. The summed E-state index contributed by atoms with van der Waals surface area (Å²) in [5.41, 5.74) is 7.75. The molecule has 0 aliphatic carbocycles. The van der Waals surface area contributed by atoms with Crippen LogP contribution in [-0.4, -0.2) is 10.8 Å². The zero-order valence-electron chi connectivity index (χ0n) is 11.6. The first-order chi connectivity index (χ1) is 10.3. The Morgan fingerprint density at radius 3 is 2.52 bits per heavy atom. The Hall–Kier alpha value is -2.52. The minimum absolute atomic E-state index is 0.0238. The number of pyridine rings is 1. The fourth-order valence-electron chi connectivity index (χ4n) is 2.47. The Morgan fingerprint density at radius 1 is 1.00 bits per heavy atom. The van der Waals surface area contributed by atoms with Gasteiger partial charge >= 0.3 is 0 Å². The standard InChI is InChI=1S/C18H16N2O/c19-17(13-6-2-1-3-7-13)10-18(21)16-12-20-11-14-8-4-5-9-15(14)16/h1-9,11-12,17H,10,19H2. The molecule has 1 atom stereocenters. The molecule has 0 aliphatic heterocycles. The number of carbonyl (C=O) groups is 1. The van der Waals surface area contributed by atoms with Crippen LogP contribution in [0.1, 0.15) is 28.4 Å². The average molecular weight is 276 g/mol. The summed E-state index contributed by atoms with van der Waals surface area (Å²) in [6.45, 7) is 0. The van der Waals surface area contributed by atoms with Gasteiger partial charge in [0.1, 0.15) is 0 Å². The fourth-order valence-corrected chi connectivity index (χ4v) is 2.47. The first-order valence-electron chi connectivity index (χ1n) is 6.92. The van der Waals surface area contributed by atoms with Crippen LogP contribution in [0.15, 0.2) is 67.0 Å². The van der Waals surface area contributed by atoms with Crippen LogP contribution in [0.2, 0.25) is 0 Å². The predicted octanol–water partition coefficient (Wildman–Crippen LogP) is 3.51. The minimum atomic E-state index is -0.294. The van der Waals surface area contributed by atoms with E-state index < -0.39 is 0 Å². The van der Waals surface area contributed by atoms with E-state index in [1.54, 1.807) is 12.4 Å². The monoisotopic (exact) mass is 276 g/mol. The third-order valence-corrected chi connectivity index (χ3v) is 3.60. The van der Waals surface area contributed by atoms with Crippen LogP contribution < -0.4 is 5.73 Å². The van der Waals surface area contributed by atoms with Crippen LogP contribution in [-0.2, 0) is 0 Å². The fraction of sp³-hybridized carbons (Fsp3) is 0.111. The lowest BCUT2D eigenvalue weighted by atomic mass is 9.97. The maximum atomic E-state index is 12.5. The average Bonchev–Trinajstić information content (AvgIpc) is 2.55. The van der Waals surface area contributed by atoms with E-state index in [1.165, 1.54) is 0 Å². The van der Waals surface area contributed by atoms with Gasteiger partial charge in [-0.05, 0) is 10.9 Å². The minimum Gasteiger partial charge on any atom is -0.324 e. The molecular weight excluding hydrogens is 260 g/mol. The number of hydrogen-bond donors (Lipinski definition) is 1. The number of carbonyl (C=O) groups excluding carboxylic acids is 1. The second-order valence-electron chi connectivity index (χ2n) is 5.05. The van der Waals surface area contributed by atoms with E-state index in [0.717, 1.165) is 16.3 Å². The van der Waals surface area contributed by atoms with Crippen molar-refractivity contribution < 1.29 is 4.79 Å². The summed E-state index contributed by atoms with van der Waals surface area (Å²) in [7, 11) is 0. The predicted molar refractivity (Wildman–Crippen MR) is 84.1 cm³/mol. The first-order valence-corrected chi connectivity index (χ1v) is 6.92. The Bertz CT molecular complexity index is 763. The maximum absolute atomic E-state index is 12.5. The second kappa shape index (κ2) is 5.85. The van der Waals surface area contributed by atoms with Gasteiger partial charge in [0, 0.05) is 35.8 Å². The summed E-state index contributed by atoms with van der Waals surface area (Å²) in [6, 6.07) is 17.2. The first kappa shape index (κ1) is 13.5. The molecule has 3 rings (SSSR count). The SMILES string of the molecule is NC(CC(=O)c1cncc2ccccc12)c1ccccc1. The Labute approximate surface area is 123 Å². The summed E-state index contributed by atoms with van der Waals surface area (Å²) in [4.78, 5) is 16.7. The third-order valence-electron chi connectivity index (χ3n) is 3.60. The van der Waals surface area contributed by atoms with Crippen LogP contribution >= 0.6 is 0 Å². The van der Waals surface area contributed by atoms with Gasteiger partial charge in [0.2, 0.25) is 0 Å². The lowest BCUT2D eigenvalue weighted by Gasteiger charge is -2.12. The number of aromatic nitrogens is 1. The molecule has 0 saturated carbocycles. The summed E-state index contributed by atoms with van der Waals surface area (Å²) in [6.07, 6.45) is 3.67. The van der Waals surface area contributed by atoms with E-state index in [2.05, 4.69) is 4.98 Å². The maximum Gasteiger partial charge on any atom is 0.166 e. The largest absolute Gasteiger partial charge is 0.324 e. The van der Waals surface area contributed by atoms with Crippen molar-refractivity contribution in [1.29, 1.82) is 0 Å². The molecule has 3 heteroatoms. The zero-order chi connectivity index (χ0) is 14.7. The highest BCUT2D eigenvalue weighted by Gasteiger charge is 2.15. The summed E-state index contributed by atoms with van der Waals surface area (Å²) in [5, 5.41) is 1.90. The Balaban J connectivity index is 1.88. The van der Waals surface area contributed by atoms with Crippen LogP contribution in [0, 0.1) is 0 Å². The molecule has 0 spiro atoms. The number of Topliss-reactive ketones (excluding diaryl/α,β-unsaturated/α-hetero) is 1. The number of hydrogen-bond acceptors (Lipinski definition) is 3. The molecule has 1 aromatic heterocycles. The van der Waals surface area contributed by atoms with Gasteiger partial charge in [0.05, 0.1) is 0 Å². The van der Waals surface area contributed by atoms with E-state index in [-0.39, 0.29) is 18.2 Å². The molecule has 0 aliphatic rings. The van der Waals surface area contributed by atoms with Gasteiger partial charge in [-0.3, -0.25) is 9.78 Å². The van der Waals surface area contributed by atoms with Crippen molar-refractivity contribution in [2.75, 3.05) is 0 Å². The van der Waals surface area contributed by atoms with Crippen molar-refractivity contribution in [2.24, 2.45) is 5.73 Å². The summed E-state index contributed by atoms with van der Waals surface area (Å²) < 4.78 is 0. The van der Waals surface area contributed by atoms with E-state index >= 15 is 0 Å². The van der Waals surface area contributed by atoms with Crippen molar-refractivity contribution in [1.82, 2.24) is 4.98 Å². The van der Waals surface area contributed by atoms with Crippen LogP contribution in [0.25, 0.3) is 10.8 Å². The zero-order valence-corrected chi connectivity index (χ0v) is 11.6. The number of rotatable bonds is 4.